The van der Waals surface area contributed by atoms with Crippen molar-refractivity contribution in [2.75, 3.05) is 6.54 Å². The molecule has 1 aromatic heterocycles. The number of unbranched alkanes of at least 4 members (excludes halogenated alkanes) is 2. The summed E-state index contributed by atoms with van der Waals surface area (Å²) in [4.78, 5) is 19.1. The zero-order chi connectivity index (χ0) is 17.6. The lowest BCUT2D eigenvalue weighted by Gasteiger charge is -2.33. The molecule has 1 aliphatic rings. The van der Waals surface area contributed by atoms with Gasteiger partial charge in [-0.05, 0) is 37.8 Å². The summed E-state index contributed by atoms with van der Waals surface area (Å²) in [6, 6.07) is 7.27. The molecule has 1 atom stereocenters. The largest absolute Gasteiger partial charge is 0.337 e. The molecule has 2 aromatic rings. The summed E-state index contributed by atoms with van der Waals surface area (Å²) in [5.74, 6) is 1.24. The summed E-state index contributed by atoms with van der Waals surface area (Å²) in [6.07, 6.45) is 6.71. The van der Waals surface area contributed by atoms with Gasteiger partial charge in [0, 0.05) is 23.6 Å². The van der Waals surface area contributed by atoms with E-state index in [1.807, 2.05) is 29.2 Å². The Labute approximate surface area is 153 Å². The number of carbonyl (C=O) groups is 1. The second-order valence-corrected chi connectivity index (χ2v) is 6.96. The summed E-state index contributed by atoms with van der Waals surface area (Å²) in [5.41, 5.74) is 0.819. The molecular formula is C19H24ClN3O2. The maximum Gasteiger partial charge on any atom is 0.249 e. The summed E-state index contributed by atoms with van der Waals surface area (Å²) < 4.78 is 5.51. The molecule has 25 heavy (non-hydrogen) atoms. The highest BCUT2D eigenvalue weighted by molar-refractivity contribution is 6.30. The van der Waals surface area contributed by atoms with E-state index < -0.39 is 0 Å². The smallest absolute Gasteiger partial charge is 0.249 e. The van der Waals surface area contributed by atoms with Crippen LogP contribution in [-0.2, 0) is 4.79 Å². The van der Waals surface area contributed by atoms with Crippen LogP contribution in [0.4, 0.5) is 0 Å². The summed E-state index contributed by atoms with van der Waals surface area (Å²) in [6.45, 7) is 2.91. The molecule has 134 valence electrons. The van der Waals surface area contributed by atoms with Crippen molar-refractivity contribution < 1.29 is 9.32 Å². The monoisotopic (exact) mass is 361 g/mol. The van der Waals surface area contributed by atoms with Crippen molar-refractivity contribution in [3.05, 3.63) is 35.2 Å². The third-order valence-electron chi connectivity index (χ3n) is 4.63. The van der Waals surface area contributed by atoms with Crippen LogP contribution in [0.25, 0.3) is 11.4 Å². The van der Waals surface area contributed by atoms with Gasteiger partial charge in [0.1, 0.15) is 6.04 Å². The molecule has 5 nitrogen and oxygen atoms in total. The van der Waals surface area contributed by atoms with Crippen LogP contribution in [0, 0.1) is 0 Å². The van der Waals surface area contributed by atoms with Crippen molar-refractivity contribution in [2.45, 2.75) is 57.9 Å². The summed E-state index contributed by atoms with van der Waals surface area (Å²) >= 11 is 6.04. The number of rotatable bonds is 6. The molecule has 1 aliphatic heterocycles. The standard InChI is InChI=1S/C19H24ClN3O2/c1-2-3-4-11-17(24)23-12-6-5-10-16(23)19-21-18(22-25-19)14-8-7-9-15(20)13-14/h7-9,13,16H,2-6,10-12H2,1H3/t16-/m1/s1. The molecule has 1 saturated heterocycles. The van der Waals surface area contributed by atoms with E-state index in [2.05, 4.69) is 17.1 Å². The lowest BCUT2D eigenvalue weighted by Crippen LogP contribution is -2.38. The fraction of sp³-hybridized carbons (Fsp3) is 0.526. The lowest BCUT2D eigenvalue weighted by molar-refractivity contribution is -0.135. The van der Waals surface area contributed by atoms with Gasteiger partial charge in [0.25, 0.3) is 0 Å². The van der Waals surface area contributed by atoms with Crippen LogP contribution in [0.3, 0.4) is 0 Å². The van der Waals surface area contributed by atoms with Gasteiger partial charge in [-0.1, -0.05) is 48.7 Å². The first-order valence-electron chi connectivity index (χ1n) is 9.08. The number of halogens is 1. The number of carbonyl (C=O) groups excluding carboxylic acids is 1. The average Bonchev–Trinajstić information content (AvgIpc) is 3.12. The second kappa shape index (κ2) is 8.48. The highest BCUT2D eigenvalue weighted by Crippen LogP contribution is 2.32. The van der Waals surface area contributed by atoms with E-state index in [0.717, 1.165) is 50.6 Å². The fourth-order valence-electron chi connectivity index (χ4n) is 3.27. The molecule has 0 bridgehead atoms. The number of hydrogen-bond donors (Lipinski definition) is 0. The predicted molar refractivity (Wildman–Crippen MR) is 97.2 cm³/mol. The molecule has 0 unspecified atom stereocenters. The van der Waals surface area contributed by atoms with Gasteiger partial charge in [-0.3, -0.25) is 4.79 Å². The molecule has 0 spiro atoms. The Morgan fingerprint density at radius 3 is 3.04 bits per heavy atom. The van der Waals surface area contributed by atoms with Gasteiger partial charge < -0.3 is 9.42 Å². The van der Waals surface area contributed by atoms with Crippen LogP contribution in [0.2, 0.25) is 5.02 Å². The van der Waals surface area contributed by atoms with E-state index in [4.69, 9.17) is 16.1 Å². The molecule has 0 saturated carbocycles. The molecule has 3 rings (SSSR count). The maximum absolute atomic E-state index is 12.6. The number of piperidine rings is 1. The SMILES string of the molecule is CCCCCC(=O)N1CCCC[C@@H]1c1nc(-c2cccc(Cl)c2)no1. The first kappa shape index (κ1) is 17.9. The Hall–Kier alpha value is -1.88. The van der Waals surface area contributed by atoms with Crippen LogP contribution in [0.15, 0.2) is 28.8 Å². The van der Waals surface area contributed by atoms with Crippen LogP contribution in [-0.4, -0.2) is 27.5 Å². The lowest BCUT2D eigenvalue weighted by atomic mass is 10.0. The number of hydrogen-bond acceptors (Lipinski definition) is 4. The minimum atomic E-state index is -0.108. The Bertz CT molecular complexity index is 716. The molecule has 1 aromatic carbocycles. The number of benzene rings is 1. The van der Waals surface area contributed by atoms with Gasteiger partial charge in [0.2, 0.25) is 17.6 Å². The Morgan fingerprint density at radius 1 is 1.36 bits per heavy atom. The Morgan fingerprint density at radius 2 is 2.24 bits per heavy atom. The van der Waals surface area contributed by atoms with Crippen molar-refractivity contribution in [3.63, 3.8) is 0 Å². The quantitative estimate of drug-likeness (QED) is 0.677. The zero-order valence-electron chi connectivity index (χ0n) is 14.6. The van der Waals surface area contributed by atoms with Crippen LogP contribution >= 0.6 is 11.6 Å². The first-order chi connectivity index (χ1) is 12.2. The fourth-order valence-corrected chi connectivity index (χ4v) is 3.46. The van der Waals surface area contributed by atoms with Crippen molar-refractivity contribution in [1.29, 1.82) is 0 Å². The number of aromatic nitrogens is 2. The van der Waals surface area contributed by atoms with E-state index in [-0.39, 0.29) is 11.9 Å². The molecular weight excluding hydrogens is 338 g/mol. The predicted octanol–water partition coefficient (Wildman–Crippen LogP) is 5.02. The summed E-state index contributed by atoms with van der Waals surface area (Å²) in [5, 5.41) is 4.72. The number of nitrogens with zero attached hydrogens (tertiary/aromatic N) is 3. The van der Waals surface area contributed by atoms with E-state index in [0.29, 0.717) is 23.2 Å². The van der Waals surface area contributed by atoms with Crippen molar-refractivity contribution in [2.24, 2.45) is 0 Å². The molecule has 0 aliphatic carbocycles. The van der Waals surface area contributed by atoms with E-state index in [9.17, 15) is 4.79 Å². The van der Waals surface area contributed by atoms with Gasteiger partial charge >= 0.3 is 0 Å². The Kier molecular flexibility index (Phi) is 6.08. The third kappa shape index (κ3) is 4.40. The van der Waals surface area contributed by atoms with Gasteiger partial charge in [-0.25, -0.2) is 0 Å². The highest BCUT2D eigenvalue weighted by Gasteiger charge is 2.31. The van der Waals surface area contributed by atoms with Crippen LogP contribution in [0.1, 0.15) is 63.8 Å². The molecule has 0 radical (unpaired) electrons. The Balaban J connectivity index is 1.75. The minimum absolute atomic E-state index is 0.108. The molecule has 0 N–H and O–H groups in total. The maximum atomic E-state index is 12.6. The number of amides is 1. The van der Waals surface area contributed by atoms with Gasteiger partial charge in [-0.2, -0.15) is 4.98 Å². The second-order valence-electron chi connectivity index (χ2n) is 6.52. The normalized spacial score (nSPS) is 17.7. The summed E-state index contributed by atoms with van der Waals surface area (Å²) in [7, 11) is 0. The van der Waals surface area contributed by atoms with Crippen molar-refractivity contribution in [3.8, 4) is 11.4 Å². The highest BCUT2D eigenvalue weighted by atomic mass is 35.5. The van der Waals surface area contributed by atoms with Crippen LogP contribution < -0.4 is 0 Å². The van der Waals surface area contributed by atoms with E-state index in [1.54, 1.807) is 0 Å². The van der Waals surface area contributed by atoms with Gasteiger partial charge in [0.05, 0.1) is 0 Å². The number of likely N-dealkylation sites (tertiary alicyclic amines) is 1. The average molecular weight is 362 g/mol. The minimum Gasteiger partial charge on any atom is -0.337 e. The van der Waals surface area contributed by atoms with Gasteiger partial charge in [0.15, 0.2) is 0 Å². The van der Waals surface area contributed by atoms with Crippen molar-refractivity contribution in [1.82, 2.24) is 15.0 Å². The van der Waals surface area contributed by atoms with Crippen LogP contribution in [0.5, 0.6) is 0 Å². The first-order valence-corrected chi connectivity index (χ1v) is 9.46. The third-order valence-corrected chi connectivity index (χ3v) is 4.86. The van der Waals surface area contributed by atoms with Crippen molar-refractivity contribution >= 4 is 17.5 Å². The molecule has 1 amide bonds. The molecule has 6 heteroatoms. The topological polar surface area (TPSA) is 59.2 Å². The van der Waals surface area contributed by atoms with Gasteiger partial charge in [-0.15, -0.1) is 0 Å². The zero-order valence-corrected chi connectivity index (χ0v) is 15.3. The van der Waals surface area contributed by atoms with E-state index >= 15 is 0 Å². The molecule has 1 fully saturated rings. The molecule has 2 heterocycles. The van der Waals surface area contributed by atoms with E-state index in [1.165, 1.54) is 0 Å².